The van der Waals surface area contributed by atoms with Crippen LogP contribution in [0.15, 0.2) is 12.1 Å². The van der Waals surface area contributed by atoms with Gasteiger partial charge in [0, 0.05) is 12.6 Å². The van der Waals surface area contributed by atoms with Crippen molar-refractivity contribution in [1.82, 2.24) is 5.32 Å². The summed E-state index contributed by atoms with van der Waals surface area (Å²) in [6.07, 6.45) is -0.479. The van der Waals surface area contributed by atoms with E-state index in [2.05, 4.69) is 39.1 Å². The van der Waals surface area contributed by atoms with Crippen molar-refractivity contribution in [3.8, 4) is 5.75 Å². The average molecular weight is 288 g/mol. The van der Waals surface area contributed by atoms with Crippen molar-refractivity contribution in [2.24, 2.45) is 0 Å². The topological polar surface area (TPSA) is 41.5 Å². The molecule has 110 valence electrons. The van der Waals surface area contributed by atoms with Crippen LogP contribution in [0, 0.1) is 20.8 Å². The number of aryl methyl sites for hydroxylation is 2. The van der Waals surface area contributed by atoms with E-state index in [1.807, 2.05) is 13.0 Å². The average Bonchev–Trinajstić information content (AvgIpc) is 2.29. The van der Waals surface area contributed by atoms with Gasteiger partial charge in [0.05, 0.1) is 0 Å². The predicted octanol–water partition coefficient (Wildman–Crippen LogP) is 2.77. The minimum atomic E-state index is -0.479. The summed E-state index contributed by atoms with van der Waals surface area (Å²) < 4.78 is 5.70. The van der Waals surface area contributed by atoms with E-state index in [0.29, 0.717) is 19.2 Å². The molecule has 1 aromatic carbocycles. The van der Waals surface area contributed by atoms with Crippen LogP contribution in [-0.2, 0) is 0 Å². The Morgan fingerprint density at radius 3 is 2.42 bits per heavy atom. The number of benzene rings is 1. The Morgan fingerprint density at radius 2 is 1.84 bits per heavy atom. The largest absolute Gasteiger partial charge is 0.491 e. The smallest absolute Gasteiger partial charge is 0.122 e. The summed E-state index contributed by atoms with van der Waals surface area (Å²) in [4.78, 5) is 0. The van der Waals surface area contributed by atoms with Gasteiger partial charge >= 0.3 is 0 Å². The third kappa shape index (κ3) is 6.28. The maximum absolute atomic E-state index is 9.80. The van der Waals surface area contributed by atoms with Gasteiger partial charge in [0.25, 0.3) is 0 Å². The molecule has 1 unspecified atom stereocenters. The molecule has 0 saturated carbocycles. The highest BCUT2D eigenvalue weighted by Gasteiger charge is 2.08. The molecule has 0 saturated heterocycles. The number of ether oxygens (including phenoxy) is 1. The fourth-order valence-corrected chi connectivity index (χ4v) is 1.77. The van der Waals surface area contributed by atoms with Gasteiger partial charge in [-0.2, -0.15) is 0 Å². The molecule has 19 heavy (non-hydrogen) atoms. The lowest BCUT2D eigenvalue weighted by atomic mass is 10.1. The molecule has 0 bridgehead atoms. The van der Waals surface area contributed by atoms with Gasteiger partial charge in [-0.3, -0.25) is 0 Å². The van der Waals surface area contributed by atoms with Crippen molar-refractivity contribution in [1.29, 1.82) is 0 Å². The van der Waals surface area contributed by atoms with Gasteiger partial charge in [-0.1, -0.05) is 19.9 Å². The number of aliphatic hydroxyl groups is 1. The van der Waals surface area contributed by atoms with Crippen molar-refractivity contribution in [3.05, 3.63) is 28.8 Å². The number of rotatable bonds is 6. The SMILES string of the molecule is Cc1cc(C)c(C)c(OCC(O)CNC(C)C)c1.Cl. The molecule has 0 aliphatic heterocycles. The second-order valence-corrected chi connectivity index (χ2v) is 5.23. The molecule has 0 amide bonds. The molecule has 2 N–H and O–H groups in total. The summed E-state index contributed by atoms with van der Waals surface area (Å²) in [5.74, 6) is 0.871. The van der Waals surface area contributed by atoms with Gasteiger partial charge in [-0.05, 0) is 43.5 Å². The molecule has 0 spiro atoms. The van der Waals surface area contributed by atoms with Crippen LogP contribution in [0.1, 0.15) is 30.5 Å². The van der Waals surface area contributed by atoms with E-state index in [1.54, 1.807) is 0 Å². The zero-order chi connectivity index (χ0) is 13.7. The summed E-state index contributed by atoms with van der Waals surface area (Å²) in [7, 11) is 0. The molecule has 1 atom stereocenters. The lowest BCUT2D eigenvalue weighted by Gasteiger charge is -2.17. The van der Waals surface area contributed by atoms with Crippen molar-refractivity contribution < 1.29 is 9.84 Å². The zero-order valence-electron chi connectivity index (χ0n) is 12.5. The fraction of sp³-hybridized carbons (Fsp3) is 0.600. The van der Waals surface area contributed by atoms with Crippen LogP contribution in [0.5, 0.6) is 5.75 Å². The number of halogens is 1. The van der Waals surface area contributed by atoms with Crippen LogP contribution in [-0.4, -0.2) is 30.4 Å². The van der Waals surface area contributed by atoms with Gasteiger partial charge in [-0.15, -0.1) is 12.4 Å². The first-order valence-electron chi connectivity index (χ1n) is 6.52. The Balaban J connectivity index is 0.00000324. The van der Waals surface area contributed by atoms with E-state index in [9.17, 15) is 5.11 Å². The Labute approximate surface area is 122 Å². The quantitative estimate of drug-likeness (QED) is 0.845. The first kappa shape index (κ1) is 18.2. The monoisotopic (exact) mass is 287 g/mol. The molecular formula is C15H26ClNO2. The molecule has 0 aliphatic rings. The Hall–Kier alpha value is -0.770. The van der Waals surface area contributed by atoms with Gasteiger partial charge in [0.2, 0.25) is 0 Å². The van der Waals surface area contributed by atoms with Gasteiger partial charge in [0.15, 0.2) is 0 Å². The van der Waals surface area contributed by atoms with Crippen molar-refractivity contribution >= 4 is 12.4 Å². The first-order chi connectivity index (χ1) is 8.40. The summed E-state index contributed by atoms with van der Waals surface area (Å²) in [6, 6.07) is 4.53. The van der Waals surface area contributed by atoms with E-state index in [4.69, 9.17) is 4.74 Å². The maximum Gasteiger partial charge on any atom is 0.122 e. The molecule has 1 rings (SSSR count). The normalized spacial score (nSPS) is 12.2. The van der Waals surface area contributed by atoms with Crippen LogP contribution in [0.4, 0.5) is 0 Å². The minimum absolute atomic E-state index is 0. The third-order valence-corrected chi connectivity index (χ3v) is 2.96. The molecule has 1 aromatic rings. The van der Waals surface area contributed by atoms with Gasteiger partial charge in [-0.25, -0.2) is 0 Å². The molecular weight excluding hydrogens is 262 g/mol. The highest BCUT2D eigenvalue weighted by molar-refractivity contribution is 5.85. The highest BCUT2D eigenvalue weighted by atomic mass is 35.5. The van der Waals surface area contributed by atoms with Gasteiger partial charge in [0.1, 0.15) is 18.5 Å². The number of aliphatic hydroxyl groups excluding tert-OH is 1. The zero-order valence-corrected chi connectivity index (χ0v) is 13.3. The Kier molecular flexibility index (Phi) is 8.07. The van der Waals surface area contributed by atoms with E-state index in [1.165, 1.54) is 11.1 Å². The van der Waals surface area contributed by atoms with Gasteiger partial charge < -0.3 is 15.2 Å². The van der Waals surface area contributed by atoms with Crippen LogP contribution < -0.4 is 10.1 Å². The molecule has 3 nitrogen and oxygen atoms in total. The predicted molar refractivity (Wildman–Crippen MR) is 82.5 cm³/mol. The van der Waals surface area contributed by atoms with E-state index < -0.39 is 6.10 Å². The third-order valence-electron chi connectivity index (χ3n) is 2.96. The molecule has 0 heterocycles. The van der Waals surface area contributed by atoms with Crippen molar-refractivity contribution in [2.45, 2.75) is 46.8 Å². The van der Waals surface area contributed by atoms with E-state index in [0.717, 1.165) is 11.3 Å². The molecule has 0 fully saturated rings. The van der Waals surface area contributed by atoms with Crippen LogP contribution in [0.3, 0.4) is 0 Å². The lowest BCUT2D eigenvalue weighted by molar-refractivity contribution is 0.104. The second kappa shape index (κ2) is 8.41. The molecule has 4 heteroatoms. The van der Waals surface area contributed by atoms with Crippen LogP contribution >= 0.6 is 12.4 Å². The molecule has 0 radical (unpaired) electrons. The Bertz CT molecular complexity index is 394. The van der Waals surface area contributed by atoms with Crippen molar-refractivity contribution in [2.75, 3.05) is 13.2 Å². The first-order valence-corrected chi connectivity index (χ1v) is 6.52. The standard InChI is InChI=1S/C15H25NO2.ClH/c1-10(2)16-8-14(17)9-18-15-7-11(3)6-12(4)13(15)5;/h6-7,10,14,16-17H,8-9H2,1-5H3;1H. The summed E-state index contributed by atoms with van der Waals surface area (Å²) in [6.45, 7) is 11.2. The second-order valence-electron chi connectivity index (χ2n) is 5.23. The van der Waals surface area contributed by atoms with Crippen LogP contribution in [0.25, 0.3) is 0 Å². The number of hydrogen-bond donors (Lipinski definition) is 2. The Morgan fingerprint density at radius 1 is 1.21 bits per heavy atom. The lowest BCUT2D eigenvalue weighted by Crippen LogP contribution is -2.35. The maximum atomic E-state index is 9.80. The molecule has 0 aromatic heterocycles. The van der Waals surface area contributed by atoms with E-state index >= 15 is 0 Å². The van der Waals surface area contributed by atoms with Crippen LogP contribution in [0.2, 0.25) is 0 Å². The summed E-state index contributed by atoms with van der Waals surface area (Å²) in [5.41, 5.74) is 3.55. The molecule has 0 aliphatic carbocycles. The highest BCUT2D eigenvalue weighted by Crippen LogP contribution is 2.23. The number of nitrogens with one attached hydrogen (secondary N) is 1. The number of hydrogen-bond acceptors (Lipinski definition) is 3. The van der Waals surface area contributed by atoms with Crippen molar-refractivity contribution in [3.63, 3.8) is 0 Å². The fourth-order valence-electron chi connectivity index (χ4n) is 1.77. The summed E-state index contributed by atoms with van der Waals surface area (Å²) >= 11 is 0. The summed E-state index contributed by atoms with van der Waals surface area (Å²) in [5, 5.41) is 13.0. The minimum Gasteiger partial charge on any atom is -0.491 e. The van der Waals surface area contributed by atoms with E-state index in [-0.39, 0.29) is 12.4 Å².